The van der Waals surface area contributed by atoms with Crippen molar-refractivity contribution >= 4 is 23.2 Å². The Hall–Kier alpha value is -1.22. The molecule has 0 fully saturated rings. The molecule has 1 amide bonds. The molecule has 0 atom stereocenters. The lowest BCUT2D eigenvalue weighted by atomic mass is 9.84. The fourth-order valence-electron chi connectivity index (χ4n) is 1.52. The lowest BCUT2D eigenvalue weighted by Crippen LogP contribution is -2.35. The number of nitrogen functional groups attached to an aromatic ring is 1. The Balaban J connectivity index is 2.92. The summed E-state index contributed by atoms with van der Waals surface area (Å²) in [5.41, 5.74) is 7.05. The van der Waals surface area contributed by atoms with E-state index in [0.717, 1.165) is 5.56 Å². The normalized spacial score (nSPS) is 11.2. The van der Waals surface area contributed by atoms with Gasteiger partial charge >= 0.3 is 0 Å². The molecule has 0 heterocycles. The summed E-state index contributed by atoms with van der Waals surface area (Å²) in [6, 6.07) is 5.45. The second-order valence-electron chi connectivity index (χ2n) is 4.53. The monoisotopic (exact) mass is 240 g/mol. The maximum absolute atomic E-state index is 10.9. The van der Waals surface area contributed by atoms with Crippen molar-refractivity contribution in [2.45, 2.75) is 26.2 Å². The summed E-state index contributed by atoms with van der Waals surface area (Å²) in [7, 11) is 0. The van der Waals surface area contributed by atoms with Gasteiger partial charge in [0.05, 0.1) is 0 Å². The molecule has 4 heteroatoms. The third-order valence-corrected chi connectivity index (χ3v) is 2.81. The first-order valence-electron chi connectivity index (χ1n) is 5.13. The first-order chi connectivity index (χ1) is 7.33. The van der Waals surface area contributed by atoms with Crippen LogP contribution in [0.25, 0.3) is 0 Å². The highest BCUT2D eigenvalue weighted by molar-refractivity contribution is 6.31. The van der Waals surface area contributed by atoms with E-state index in [1.807, 2.05) is 26.0 Å². The molecule has 0 aliphatic carbocycles. The minimum atomic E-state index is -0.212. The molecule has 0 aliphatic rings. The van der Waals surface area contributed by atoms with Crippen LogP contribution in [-0.2, 0) is 10.2 Å². The van der Waals surface area contributed by atoms with E-state index in [1.165, 1.54) is 6.92 Å². The molecule has 0 saturated heterocycles. The van der Waals surface area contributed by atoms with Crippen molar-refractivity contribution in [2.24, 2.45) is 0 Å². The molecule has 0 bridgehead atoms. The molecule has 0 radical (unpaired) electrons. The molecule has 16 heavy (non-hydrogen) atoms. The number of carbonyl (C=O) groups is 1. The van der Waals surface area contributed by atoms with Gasteiger partial charge in [-0.05, 0) is 17.7 Å². The fraction of sp³-hybridized carbons (Fsp3) is 0.417. The summed E-state index contributed by atoms with van der Waals surface area (Å²) in [6.45, 7) is 6.10. The Kier molecular flexibility index (Phi) is 3.81. The van der Waals surface area contributed by atoms with E-state index in [0.29, 0.717) is 17.3 Å². The van der Waals surface area contributed by atoms with Crippen LogP contribution in [0.3, 0.4) is 0 Å². The van der Waals surface area contributed by atoms with E-state index in [2.05, 4.69) is 5.32 Å². The molecular weight excluding hydrogens is 224 g/mol. The van der Waals surface area contributed by atoms with Crippen LogP contribution in [0, 0.1) is 0 Å². The number of halogens is 1. The van der Waals surface area contributed by atoms with Crippen LogP contribution in [0.5, 0.6) is 0 Å². The lowest BCUT2D eigenvalue weighted by molar-refractivity contribution is -0.119. The van der Waals surface area contributed by atoms with Crippen LogP contribution >= 0.6 is 11.6 Å². The summed E-state index contributed by atoms with van der Waals surface area (Å²) >= 11 is 6.14. The van der Waals surface area contributed by atoms with Crippen LogP contribution in [-0.4, -0.2) is 12.5 Å². The van der Waals surface area contributed by atoms with Gasteiger partial charge in [0.25, 0.3) is 0 Å². The van der Waals surface area contributed by atoms with Gasteiger partial charge in [0.2, 0.25) is 5.91 Å². The van der Waals surface area contributed by atoms with E-state index >= 15 is 0 Å². The van der Waals surface area contributed by atoms with Gasteiger partial charge in [-0.3, -0.25) is 4.79 Å². The maximum atomic E-state index is 10.9. The third-order valence-electron chi connectivity index (χ3n) is 2.50. The van der Waals surface area contributed by atoms with Crippen LogP contribution in [0.2, 0.25) is 5.02 Å². The molecule has 0 unspecified atom stereocenters. The zero-order valence-electron chi connectivity index (χ0n) is 9.80. The Morgan fingerprint density at radius 3 is 2.62 bits per heavy atom. The number of rotatable bonds is 3. The first-order valence-corrected chi connectivity index (χ1v) is 5.50. The number of nitrogens with two attached hydrogens (primary N) is 1. The van der Waals surface area contributed by atoms with Gasteiger partial charge in [-0.2, -0.15) is 0 Å². The second kappa shape index (κ2) is 4.74. The van der Waals surface area contributed by atoms with Gasteiger partial charge in [-0.15, -0.1) is 0 Å². The number of carbonyl (C=O) groups excluding carboxylic acids is 1. The van der Waals surface area contributed by atoms with Crippen molar-refractivity contribution in [3.05, 3.63) is 28.8 Å². The van der Waals surface area contributed by atoms with Crippen LogP contribution in [0.1, 0.15) is 26.3 Å². The third kappa shape index (κ3) is 3.14. The Morgan fingerprint density at radius 1 is 1.50 bits per heavy atom. The minimum absolute atomic E-state index is 0.0420. The highest BCUT2D eigenvalue weighted by Gasteiger charge is 2.23. The van der Waals surface area contributed by atoms with Gasteiger partial charge in [0.15, 0.2) is 0 Å². The number of nitrogens with one attached hydrogen (secondary N) is 1. The van der Waals surface area contributed by atoms with Crippen LogP contribution in [0.4, 0.5) is 5.69 Å². The predicted molar refractivity (Wildman–Crippen MR) is 67.6 cm³/mol. The van der Waals surface area contributed by atoms with E-state index in [-0.39, 0.29) is 11.3 Å². The molecular formula is C12H17ClN2O. The van der Waals surface area contributed by atoms with Crippen molar-refractivity contribution in [1.82, 2.24) is 5.32 Å². The lowest BCUT2D eigenvalue weighted by Gasteiger charge is -2.26. The largest absolute Gasteiger partial charge is 0.399 e. The van der Waals surface area contributed by atoms with Crippen LogP contribution < -0.4 is 11.1 Å². The number of benzene rings is 1. The first kappa shape index (κ1) is 12.8. The molecule has 0 aromatic heterocycles. The molecule has 0 spiro atoms. The maximum Gasteiger partial charge on any atom is 0.216 e. The van der Waals surface area contributed by atoms with Crippen LogP contribution in [0.15, 0.2) is 18.2 Å². The minimum Gasteiger partial charge on any atom is -0.399 e. The Bertz CT molecular complexity index is 402. The Labute approximate surface area is 101 Å². The molecule has 0 aliphatic heterocycles. The molecule has 88 valence electrons. The number of hydrogen-bond donors (Lipinski definition) is 2. The predicted octanol–water partition coefficient (Wildman–Crippen LogP) is 2.34. The second-order valence-corrected chi connectivity index (χ2v) is 4.94. The fourth-order valence-corrected chi connectivity index (χ4v) is 1.97. The molecule has 0 saturated carbocycles. The average molecular weight is 241 g/mol. The van der Waals surface area contributed by atoms with Crippen molar-refractivity contribution in [1.29, 1.82) is 0 Å². The SMILES string of the molecule is CC(=O)NCC(C)(C)c1ccc(N)cc1Cl. The van der Waals surface area contributed by atoms with E-state index in [9.17, 15) is 4.79 Å². The molecule has 1 rings (SSSR count). The van der Waals surface area contributed by atoms with Crippen molar-refractivity contribution < 1.29 is 4.79 Å². The molecule has 1 aromatic carbocycles. The Morgan fingerprint density at radius 2 is 2.12 bits per heavy atom. The highest BCUT2D eigenvalue weighted by atomic mass is 35.5. The summed E-state index contributed by atoms with van der Waals surface area (Å²) in [5, 5.41) is 3.43. The number of anilines is 1. The summed E-state index contributed by atoms with van der Waals surface area (Å²) in [5.74, 6) is -0.0420. The average Bonchev–Trinajstić information content (AvgIpc) is 2.14. The van der Waals surface area contributed by atoms with E-state index < -0.39 is 0 Å². The molecule has 1 aromatic rings. The number of hydrogen-bond acceptors (Lipinski definition) is 2. The molecule has 3 nitrogen and oxygen atoms in total. The summed E-state index contributed by atoms with van der Waals surface area (Å²) in [6.07, 6.45) is 0. The zero-order chi connectivity index (χ0) is 12.3. The topological polar surface area (TPSA) is 55.1 Å². The van der Waals surface area contributed by atoms with Gasteiger partial charge in [0, 0.05) is 29.6 Å². The standard InChI is InChI=1S/C12H17ClN2O/c1-8(16)15-7-12(2,3)10-5-4-9(14)6-11(10)13/h4-6H,7,14H2,1-3H3,(H,15,16). The van der Waals surface area contributed by atoms with Crippen molar-refractivity contribution in [3.63, 3.8) is 0 Å². The highest BCUT2D eigenvalue weighted by Crippen LogP contribution is 2.30. The van der Waals surface area contributed by atoms with E-state index in [4.69, 9.17) is 17.3 Å². The summed E-state index contributed by atoms with van der Waals surface area (Å²) < 4.78 is 0. The van der Waals surface area contributed by atoms with Gasteiger partial charge in [0.1, 0.15) is 0 Å². The number of amides is 1. The van der Waals surface area contributed by atoms with Gasteiger partial charge < -0.3 is 11.1 Å². The van der Waals surface area contributed by atoms with Gasteiger partial charge in [-0.25, -0.2) is 0 Å². The smallest absolute Gasteiger partial charge is 0.216 e. The van der Waals surface area contributed by atoms with Gasteiger partial charge in [-0.1, -0.05) is 31.5 Å². The van der Waals surface area contributed by atoms with Crippen molar-refractivity contribution in [2.75, 3.05) is 12.3 Å². The summed E-state index contributed by atoms with van der Waals surface area (Å²) in [4.78, 5) is 10.9. The van der Waals surface area contributed by atoms with Crippen molar-refractivity contribution in [3.8, 4) is 0 Å². The molecule has 3 N–H and O–H groups in total. The zero-order valence-corrected chi connectivity index (χ0v) is 10.6. The quantitative estimate of drug-likeness (QED) is 0.797. The van der Waals surface area contributed by atoms with E-state index in [1.54, 1.807) is 6.07 Å².